The van der Waals surface area contributed by atoms with Gasteiger partial charge in [0.1, 0.15) is 12.1 Å². The predicted octanol–water partition coefficient (Wildman–Crippen LogP) is 1.63. The average molecular weight is 277 g/mol. The molecule has 1 aromatic heterocycles. The van der Waals surface area contributed by atoms with Gasteiger partial charge in [0.05, 0.1) is 18.1 Å². The van der Waals surface area contributed by atoms with Gasteiger partial charge >= 0.3 is 5.97 Å². The molecule has 0 amide bonds. The first-order valence-corrected chi connectivity index (χ1v) is 7.09. The number of nitrogens with zero attached hydrogens (tertiary/aromatic N) is 3. The summed E-state index contributed by atoms with van der Waals surface area (Å²) in [6.45, 7) is 4.41. The summed E-state index contributed by atoms with van der Waals surface area (Å²) in [6.07, 6.45) is 4.19. The van der Waals surface area contributed by atoms with E-state index >= 15 is 0 Å². The highest BCUT2D eigenvalue weighted by molar-refractivity contribution is 5.74. The maximum Gasteiger partial charge on any atom is 0.308 e. The number of fused-ring (bicyclic) bond motifs is 2. The lowest BCUT2D eigenvalue weighted by molar-refractivity contribution is -0.142. The first-order chi connectivity index (χ1) is 9.63. The first-order valence-electron chi connectivity index (χ1n) is 7.09. The molecule has 3 heterocycles. The second kappa shape index (κ2) is 4.92. The van der Waals surface area contributed by atoms with Gasteiger partial charge in [-0.15, -0.1) is 0 Å². The SMILES string of the molecule is CCOc1ncnc(N2C3CCC2C(C(=O)O)C3)c1C. The molecule has 1 aromatic rings. The third-order valence-corrected chi connectivity index (χ3v) is 4.39. The molecule has 2 aliphatic rings. The molecule has 0 aliphatic carbocycles. The zero-order chi connectivity index (χ0) is 14.3. The summed E-state index contributed by atoms with van der Waals surface area (Å²) >= 11 is 0. The summed E-state index contributed by atoms with van der Waals surface area (Å²) in [7, 11) is 0. The van der Waals surface area contributed by atoms with Crippen LogP contribution in [0.3, 0.4) is 0 Å². The van der Waals surface area contributed by atoms with E-state index in [9.17, 15) is 9.90 Å². The van der Waals surface area contributed by atoms with Crippen molar-refractivity contribution in [1.82, 2.24) is 9.97 Å². The van der Waals surface area contributed by atoms with Crippen LogP contribution in [0, 0.1) is 12.8 Å². The minimum atomic E-state index is -0.695. The van der Waals surface area contributed by atoms with Crippen LogP contribution in [-0.2, 0) is 4.79 Å². The molecule has 2 aliphatic heterocycles. The molecule has 0 spiro atoms. The molecule has 2 fully saturated rings. The Hall–Kier alpha value is -1.85. The molecular formula is C14H19N3O3. The second-order valence-electron chi connectivity index (χ2n) is 5.45. The number of aromatic nitrogens is 2. The van der Waals surface area contributed by atoms with Gasteiger partial charge in [0, 0.05) is 12.1 Å². The highest BCUT2D eigenvalue weighted by Crippen LogP contribution is 2.45. The number of aliphatic carboxylic acids is 1. The van der Waals surface area contributed by atoms with Gasteiger partial charge in [-0.05, 0) is 33.1 Å². The van der Waals surface area contributed by atoms with Crippen molar-refractivity contribution >= 4 is 11.8 Å². The smallest absolute Gasteiger partial charge is 0.308 e. The minimum absolute atomic E-state index is 0.0561. The van der Waals surface area contributed by atoms with Crippen LogP contribution in [0.1, 0.15) is 31.7 Å². The van der Waals surface area contributed by atoms with Gasteiger partial charge in [-0.2, -0.15) is 0 Å². The Morgan fingerprint density at radius 1 is 1.50 bits per heavy atom. The summed E-state index contributed by atoms with van der Waals surface area (Å²) in [5.74, 6) is 0.452. The Labute approximate surface area is 117 Å². The van der Waals surface area contributed by atoms with Gasteiger partial charge in [0.2, 0.25) is 5.88 Å². The summed E-state index contributed by atoms with van der Waals surface area (Å²) < 4.78 is 5.51. The lowest BCUT2D eigenvalue weighted by Gasteiger charge is -2.26. The first kappa shape index (κ1) is 13.1. The summed E-state index contributed by atoms with van der Waals surface area (Å²) in [6, 6.07) is 0.338. The molecule has 0 saturated carbocycles. The quantitative estimate of drug-likeness (QED) is 0.901. The maximum atomic E-state index is 11.3. The Kier molecular flexibility index (Phi) is 3.23. The molecule has 1 N–H and O–H groups in total. The van der Waals surface area contributed by atoms with Crippen molar-refractivity contribution in [3.8, 4) is 5.88 Å². The van der Waals surface area contributed by atoms with E-state index in [0.29, 0.717) is 18.9 Å². The Bertz CT molecular complexity index is 534. The Balaban J connectivity index is 1.94. The van der Waals surface area contributed by atoms with Crippen molar-refractivity contribution in [3.63, 3.8) is 0 Å². The maximum absolute atomic E-state index is 11.3. The average Bonchev–Trinajstić information content (AvgIpc) is 2.99. The van der Waals surface area contributed by atoms with E-state index in [-0.39, 0.29) is 18.0 Å². The van der Waals surface area contributed by atoms with Crippen LogP contribution in [-0.4, -0.2) is 39.7 Å². The van der Waals surface area contributed by atoms with Crippen LogP contribution in [0.5, 0.6) is 5.88 Å². The minimum Gasteiger partial charge on any atom is -0.481 e. The number of carboxylic acid groups (broad SMARTS) is 1. The molecule has 20 heavy (non-hydrogen) atoms. The van der Waals surface area contributed by atoms with Crippen LogP contribution in [0.2, 0.25) is 0 Å². The Morgan fingerprint density at radius 3 is 2.95 bits per heavy atom. The number of carboxylic acids is 1. The lowest BCUT2D eigenvalue weighted by Crippen LogP contribution is -2.34. The number of rotatable bonds is 4. The van der Waals surface area contributed by atoms with Gasteiger partial charge < -0.3 is 14.7 Å². The zero-order valence-electron chi connectivity index (χ0n) is 11.7. The lowest BCUT2D eigenvalue weighted by atomic mass is 9.89. The highest BCUT2D eigenvalue weighted by Gasteiger charge is 2.50. The van der Waals surface area contributed by atoms with Gasteiger partial charge in [-0.25, -0.2) is 9.97 Å². The monoisotopic (exact) mass is 277 g/mol. The van der Waals surface area contributed by atoms with Crippen LogP contribution in [0.15, 0.2) is 6.33 Å². The van der Waals surface area contributed by atoms with Crippen molar-refractivity contribution < 1.29 is 14.6 Å². The fourth-order valence-corrected chi connectivity index (χ4v) is 3.55. The summed E-state index contributed by atoms with van der Waals surface area (Å²) in [5.41, 5.74) is 0.900. The van der Waals surface area contributed by atoms with E-state index in [1.165, 1.54) is 6.33 Å². The van der Waals surface area contributed by atoms with Gasteiger partial charge in [0.15, 0.2) is 0 Å². The zero-order valence-corrected chi connectivity index (χ0v) is 11.7. The van der Waals surface area contributed by atoms with Crippen molar-refractivity contribution in [2.75, 3.05) is 11.5 Å². The van der Waals surface area contributed by atoms with Gasteiger partial charge in [0.25, 0.3) is 0 Å². The molecule has 6 heteroatoms. The van der Waals surface area contributed by atoms with Crippen LogP contribution in [0.25, 0.3) is 0 Å². The predicted molar refractivity (Wildman–Crippen MR) is 73.0 cm³/mol. The van der Waals surface area contributed by atoms with E-state index in [0.717, 1.165) is 24.2 Å². The van der Waals surface area contributed by atoms with Crippen molar-refractivity contribution in [2.24, 2.45) is 5.92 Å². The fraction of sp³-hybridized carbons (Fsp3) is 0.643. The number of anilines is 1. The van der Waals surface area contributed by atoms with Crippen LogP contribution >= 0.6 is 0 Å². The largest absolute Gasteiger partial charge is 0.481 e. The second-order valence-corrected chi connectivity index (χ2v) is 5.45. The van der Waals surface area contributed by atoms with E-state index < -0.39 is 5.97 Å². The standard InChI is InChI=1S/C14H19N3O3/c1-3-20-13-8(2)12(15-7-16-13)17-9-4-5-11(17)10(6-9)14(18)19/h7,9-11H,3-6H2,1-2H3,(H,18,19). The van der Waals surface area contributed by atoms with Gasteiger partial charge in [-0.1, -0.05) is 0 Å². The summed E-state index contributed by atoms with van der Waals surface area (Å²) in [5, 5.41) is 9.32. The molecule has 0 aromatic carbocycles. The molecule has 108 valence electrons. The third kappa shape index (κ3) is 1.90. The van der Waals surface area contributed by atoms with Gasteiger partial charge in [-0.3, -0.25) is 4.79 Å². The fourth-order valence-electron chi connectivity index (χ4n) is 3.55. The molecule has 3 unspecified atom stereocenters. The number of ether oxygens (including phenoxy) is 1. The molecule has 3 atom stereocenters. The highest BCUT2D eigenvalue weighted by atomic mass is 16.5. The van der Waals surface area contributed by atoms with Crippen LogP contribution in [0.4, 0.5) is 5.82 Å². The van der Waals surface area contributed by atoms with Crippen molar-refractivity contribution in [1.29, 1.82) is 0 Å². The van der Waals surface area contributed by atoms with E-state index in [1.54, 1.807) is 0 Å². The molecule has 2 bridgehead atoms. The van der Waals surface area contributed by atoms with E-state index in [2.05, 4.69) is 14.9 Å². The normalized spacial score (nSPS) is 27.9. The molecule has 0 radical (unpaired) electrons. The third-order valence-electron chi connectivity index (χ3n) is 4.39. The topological polar surface area (TPSA) is 75.6 Å². The number of hydrogen-bond donors (Lipinski definition) is 1. The molecule has 2 saturated heterocycles. The van der Waals surface area contributed by atoms with Crippen LogP contribution < -0.4 is 9.64 Å². The molecule has 6 nitrogen and oxygen atoms in total. The summed E-state index contributed by atoms with van der Waals surface area (Å²) in [4.78, 5) is 22.0. The van der Waals surface area contributed by atoms with Crippen molar-refractivity contribution in [2.45, 2.75) is 45.2 Å². The molecular weight excluding hydrogens is 258 g/mol. The number of hydrogen-bond acceptors (Lipinski definition) is 5. The molecule has 3 rings (SSSR count). The Morgan fingerprint density at radius 2 is 2.30 bits per heavy atom. The number of carbonyl (C=O) groups is 1. The van der Waals surface area contributed by atoms with E-state index in [1.807, 2.05) is 13.8 Å². The van der Waals surface area contributed by atoms with E-state index in [4.69, 9.17) is 4.74 Å². The van der Waals surface area contributed by atoms with Crippen molar-refractivity contribution in [3.05, 3.63) is 11.9 Å².